The van der Waals surface area contributed by atoms with Gasteiger partial charge in [-0.25, -0.2) is 4.90 Å². The van der Waals surface area contributed by atoms with E-state index in [4.69, 9.17) is 4.74 Å². The van der Waals surface area contributed by atoms with Crippen LogP contribution in [0.3, 0.4) is 0 Å². The lowest BCUT2D eigenvalue weighted by Crippen LogP contribution is -2.42. The van der Waals surface area contributed by atoms with Crippen LogP contribution in [-0.2, 0) is 9.59 Å². The van der Waals surface area contributed by atoms with Crippen molar-refractivity contribution in [2.45, 2.75) is 45.1 Å². The summed E-state index contributed by atoms with van der Waals surface area (Å²) >= 11 is 0. The van der Waals surface area contributed by atoms with E-state index < -0.39 is 0 Å². The summed E-state index contributed by atoms with van der Waals surface area (Å²) in [7, 11) is 0. The van der Waals surface area contributed by atoms with Crippen LogP contribution >= 0.6 is 0 Å². The molecule has 5 nitrogen and oxygen atoms in total. The van der Waals surface area contributed by atoms with Crippen LogP contribution in [0, 0.1) is 0 Å². The standard InChI is InChI=1S/C18H24N2O3/c1-2-23-15-9-7-14(8-10-15)20-17(21)13-16(18(20)22)19-11-5-3-4-6-12-19/h7-10,16H,2-6,11-13H2,1H3. The minimum atomic E-state index is -0.285. The maximum absolute atomic E-state index is 12.8. The smallest absolute Gasteiger partial charge is 0.251 e. The highest BCUT2D eigenvalue weighted by atomic mass is 16.5. The molecule has 2 heterocycles. The minimum Gasteiger partial charge on any atom is -0.494 e. The lowest BCUT2D eigenvalue weighted by Gasteiger charge is -2.25. The van der Waals surface area contributed by atoms with Crippen molar-refractivity contribution in [3.05, 3.63) is 24.3 Å². The highest BCUT2D eigenvalue weighted by Gasteiger charge is 2.42. The van der Waals surface area contributed by atoms with E-state index in [0.717, 1.165) is 31.7 Å². The molecule has 1 unspecified atom stereocenters. The van der Waals surface area contributed by atoms with Gasteiger partial charge in [-0.3, -0.25) is 14.5 Å². The van der Waals surface area contributed by atoms with Gasteiger partial charge in [0, 0.05) is 0 Å². The summed E-state index contributed by atoms with van der Waals surface area (Å²) in [6.07, 6.45) is 4.95. The summed E-state index contributed by atoms with van der Waals surface area (Å²) in [6.45, 7) is 4.35. The molecule has 2 saturated heterocycles. The molecule has 1 atom stereocenters. The van der Waals surface area contributed by atoms with Gasteiger partial charge in [0.15, 0.2) is 0 Å². The van der Waals surface area contributed by atoms with Crippen molar-refractivity contribution in [2.75, 3.05) is 24.6 Å². The summed E-state index contributed by atoms with van der Waals surface area (Å²) in [4.78, 5) is 28.7. The third kappa shape index (κ3) is 3.39. The number of nitrogens with zero attached hydrogens (tertiary/aromatic N) is 2. The number of imide groups is 1. The van der Waals surface area contributed by atoms with Gasteiger partial charge in [0.2, 0.25) is 5.91 Å². The van der Waals surface area contributed by atoms with Crippen molar-refractivity contribution in [1.29, 1.82) is 0 Å². The number of ether oxygens (including phenoxy) is 1. The van der Waals surface area contributed by atoms with Gasteiger partial charge in [0.1, 0.15) is 5.75 Å². The quantitative estimate of drug-likeness (QED) is 0.801. The molecule has 2 aliphatic heterocycles. The summed E-state index contributed by atoms with van der Waals surface area (Å²) in [5, 5.41) is 0. The average Bonchev–Trinajstić information content (AvgIpc) is 2.74. The Hall–Kier alpha value is -1.88. The van der Waals surface area contributed by atoms with E-state index in [2.05, 4.69) is 4.90 Å². The highest BCUT2D eigenvalue weighted by Crippen LogP contribution is 2.28. The van der Waals surface area contributed by atoms with Gasteiger partial charge in [-0.15, -0.1) is 0 Å². The molecule has 5 heteroatoms. The van der Waals surface area contributed by atoms with Gasteiger partial charge in [0.05, 0.1) is 24.8 Å². The highest BCUT2D eigenvalue weighted by molar-refractivity contribution is 6.22. The number of benzene rings is 1. The Labute approximate surface area is 137 Å². The van der Waals surface area contributed by atoms with Crippen molar-refractivity contribution in [3.63, 3.8) is 0 Å². The van der Waals surface area contributed by atoms with Crippen LogP contribution in [0.5, 0.6) is 5.75 Å². The normalized spacial score (nSPS) is 23.2. The van der Waals surface area contributed by atoms with Gasteiger partial charge in [0.25, 0.3) is 5.91 Å². The summed E-state index contributed by atoms with van der Waals surface area (Å²) in [5.74, 6) is 0.564. The van der Waals surface area contributed by atoms with Crippen LogP contribution in [0.2, 0.25) is 0 Å². The fourth-order valence-electron chi connectivity index (χ4n) is 3.44. The largest absolute Gasteiger partial charge is 0.494 e. The molecule has 2 aliphatic rings. The van der Waals surface area contributed by atoms with Gasteiger partial charge < -0.3 is 4.74 Å². The number of amides is 2. The van der Waals surface area contributed by atoms with Crippen LogP contribution in [-0.4, -0.2) is 42.5 Å². The Bertz CT molecular complexity index is 562. The summed E-state index contributed by atoms with van der Waals surface area (Å²) in [5.41, 5.74) is 0.640. The molecular formula is C18H24N2O3. The Morgan fingerprint density at radius 1 is 1.04 bits per heavy atom. The number of carbonyl (C=O) groups excluding carboxylic acids is 2. The zero-order valence-corrected chi connectivity index (χ0v) is 13.7. The number of rotatable bonds is 4. The Morgan fingerprint density at radius 2 is 1.70 bits per heavy atom. The van der Waals surface area contributed by atoms with Crippen LogP contribution in [0.15, 0.2) is 24.3 Å². The summed E-state index contributed by atoms with van der Waals surface area (Å²) < 4.78 is 5.41. The molecule has 0 radical (unpaired) electrons. The first-order valence-electron chi connectivity index (χ1n) is 8.54. The van der Waals surface area contributed by atoms with Crippen molar-refractivity contribution < 1.29 is 14.3 Å². The third-order valence-corrected chi connectivity index (χ3v) is 4.61. The monoisotopic (exact) mass is 316 g/mol. The Kier molecular flexibility index (Phi) is 4.96. The van der Waals surface area contributed by atoms with E-state index in [1.54, 1.807) is 24.3 Å². The maximum atomic E-state index is 12.8. The fourth-order valence-corrected chi connectivity index (χ4v) is 3.44. The zero-order valence-electron chi connectivity index (χ0n) is 13.7. The van der Waals surface area contributed by atoms with E-state index in [9.17, 15) is 9.59 Å². The predicted octanol–water partition coefficient (Wildman–Crippen LogP) is 2.59. The second-order valence-corrected chi connectivity index (χ2v) is 6.16. The SMILES string of the molecule is CCOc1ccc(N2C(=O)CC(N3CCCCCC3)C2=O)cc1. The van der Waals surface area contributed by atoms with E-state index >= 15 is 0 Å². The number of hydrogen-bond donors (Lipinski definition) is 0. The van der Waals surface area contributed by atoms with Crippen molar-refractivity contribution in [2.24, 2.45) is 0 Å². The lowest BCUT2D eigenvalue weighted by molar-refractivity contribution is -0.122. The van der Waals surface area contributed by atoms with Crippen LogP contribution in [0.1, 0.15) is 39.0 Å². The van der Waals surface area contributed by atoms with Crippen LogP contribution in [0.25, 0.3) is 0 Å². The van der Waals surface area contributed by atoms with Crippen molar-refractivity contribution >= 4 is 17.5 Å². The number of carbonyl (C=O) groups is 2. The Balaban J connectivity index is 1.75. The molecule has 0 bridgehead atoms. The Morgan fingerprint density at radius 3 is 2.30 bits per heavy atom. The number of likely N-dealkylation sites (tertiary alicyclic amines) is 1. The number of anilines is 1. The molecule has 1 aromatic rings. The maximum Gasteiger partial charge on any atom is 0.251 e. The minimum absolute atomic E-state index is 0.0824. The molecule has 124 valence electrons. The molecule has 0 saturated carbocycles. The molecule has 2 amide bonds. The molecule has 23 heavy (non-hydrogen) atoms. The van der Waals surface area contributed by atoms with E-state index in [1.165, 1.54) is 17.7 Å². The number of hydrogen-bond acceptors (Lipinski definition) is 4. The van der Waals surface area contributed by atoms with Crippen molar-refractivity contribution in [3.8, 4) is 5.75 Å². The van der Waals surface area contributed by atoms with E-state index in [-0.39, 0.29) is 17.9 Å². The topological polar surface area (TPSA) is 49.9 Å². The second-order valence-electron chi connectivity index (χ2n) is 6.16. The molecule has 1 aromatic carbocycles. The van der Waals surface area contributed by atoms with Gasteiger partial charge >= 0.3 is 0 Å². The average molecular weight is 316 g/mol. The molecule has 2 fully saturated rings. The van der Waals surface area contributed by atoms with Crippen LogP contribution in [0.4, 0.5) is 5.69 Å². The third-order valence-electron chi connectivity index (χ3n) is 4.61. The fraction of sp³-hybridized carbons (Fsp3) is 0.556. The van der Waals surface area contributed by atoms with E-state index in [1.807, 2.05) is 6.92 Å². The van der Waals surface area contributed by atoms with Gasteiger partial charge in [-0.1, -0.05) is 12.8 Å². The van der Waals surface area contributed by atoms with Crippen molar-refractivity contribution in [1.82, 2.24) is 4.90 Å². The first-order chi connectivity index (χ1) is 11.2. The molecular weight excluding hydrogens is 292 g/mol. The molecule has 0 aliphatic carbocycles. The van der Waals surface area contributed by atoms with E-state index in [0.29, 0.717) is 18.7 Å². The summed E-state index contributed by atoms with van der Waals surface area (Å²) in [6, 6.07) is 6.89. The molecule has 3 rings (SSSR count). The second kappa shape index (κ2) is 7.13. The zero-order chi connectivity index (χ0) is 16.2. The van der Waals surface area contributed by atoms with Gasteiger partial charge in [-0.05, 0) is 57.1 Å². The first-order valence-corrected chi connectivity index (χ1v) is 8.54. The molecule has 0 spiro atoms. The predicted molar refractivity (Wildman–Crippen MR) is 88.6 cm³/mol. The van der Waals surface area contributed by atoms with Crippen LogP contribution < -0.4 is 9.64 Å². The molecule has 0 aromatic heterocycles. The lowest BCUT2D eigenvalue weighted by atomic mass is 10.2. The first kappa shape index (κ1) is 16.0. The van der Waals surface area contributed by atoms with Gasteiger partial charge in [-0.2, -0.15) is 0 Å². The molecule has 0 N–H and O–H groups in total.